The number of nitrogens with one attached hydrogen (secondary N) is 2. The summed E-state index contributed by atoms with van der Waals surface area (Å²) >= 11 is 0. The van der Waals surface area contributed by atoms with E-state index in [1.54, 1.807) is 12.1 Å². The van der Waals surface area contributed by atoms with E-state index >= 15 is 0 Å². The summed E-state index contributed by atoms with van der Waals surface area (Å²) in [5.74, 6) is -0.888. The molecule has 1 aromatic carbocycles. The van der Waals surface area contributed by atoms with Crippen LogP contribution < -0.4 is 10.6 Å². The third-order valence-corrected chi connectivity index (χ3v) is 2.83. The first kappa shape index (κ1) is 14.9. The van der Waals surface area contributed by atoms with Crippen LogP contribution in [-0.2, 0) is 6.54 Å². The van der Waals surface area contributed by atoms with Crippen molar-refractivity contribution in [1.29, 1.82) is 0 Å². The first-order chi connectivity index (χ1) is 10.1. The molecule has 110 valence electrons. The van der Waals surface area contributed by atoms with Crippen molar-refractivity contribution in [3.8, 4) is 0 Å². The summed E-state index contributed by atoms with van der Waals surface area (Å²) in [6.07, 6.45) is 1.51. The zero-order valence-electron chi connectivity index (χ0n) is 11.5. The molecule has 0 spiro atoms. The largest absolute Gasteiger partial charge is 0.370 e. The summed E-state index contributed by atoms with van der Waals surface area (Å²) in [4.78, 5) is 16.0. The molecule has 0 aliphatic rings. The zero-order chi connectivity index (χ0) is 15.2. The van der Waals surface area contributed by atoms with Gasteiger partial charge in [-0.25, -0.2) is 13.8 Å². The Balaban J connectivity index is 2.04. The van der Waals surface area contributed by atoms with Crippen LogP contribution >= 0.6 is 0 Å². The lowest BCUT2D eigenvalue weighted by Gasteiger charge is -2.08. The van der Waals surface area contributed by atoms with Crippen molar-refractivity contribution in [2.75, 3.05) is 11.9 Å². The van der Waals surface area contributed by atoms with Crippen LogP contribution in [0.3, 0.4) is 0 Å². The first-order valence-corrected chi connectivity index (χ1v) is 6.52. The molecular formula is C15H15F2N3O. The van der Waals surface area contributed by atoms with Gasteiger partial charge in [-0.05, 0) is 37.3 Å². The lowest BCUT2D eigenvalue weighted by molar-refractivity contribution is 0.0950. The summed E-state index contributed by atoms with van der Waals surface area (Å²) in [5.41, 5.74) is 0.502. The topological polar surface area (TPSA) is 54.0 Å². The van der Waals surface area contributed by atoms with Crippen molar-refractivity contribution in [3.05, 3.63) is 59.3 Å². The number of anilines is 1. The Labute approximate surface area is 121 Å². The molecule has 2 N–H and O–H groups in total. The second-order valence-corrected chi connectivity index (χ2v) is 4.38. The molecular weight excluding hydrogens is 276 g/mol. The number of benzene rings is 1. The quantitative estimate of drug-likeness (QED) is 0.890. The predicted octanol–water partition coefficient (Wildman–Crippen LogP) is 2.72. The maximum absolute atomic E-state index is 13.4. The van der Waals surface area contributed by atoms with Crippen LogP contribution in [0.4, 0.5) is 14.6 Å². The minimum atomic E-state index is -0.556. The molecule has 0 radical (unpaired) electrons. The van der Waals surface area contributed by atoms with Crippen LogP contribution in [0.2, 0.25) is 0 Å². The molecule has 0 unspecified atom stereocenters. The molecule has 0 aliphatic heterocycles. The second kappa shape index (κ2) is 6.78. The van der Waals surface area contributed by atoms with Crippen LogP contribution in [0, 0.1) is 11.6 Å². The predicted molar refractivity (Wildman–Crippen MR) is 75.9 cm³/mol. The molecule has 0 bridgehead atoms. The highest BCUT2D eigenvalue weighted by atomic mass is 19.1. The van der Waals surface area contributed by atoms with Crippen molar-refractivity contribution in [1.82, 2.24) is 10.3 Å². The van der Waals surface area contributed by atoms with E-state index in [0.717, 1.165) is 18.2 Å². The van der Waals surface area contributed by atoms with Gasteiger partial charge in [0.25, 0.3) is 5.91 Å². The average molecular weight is 291 g/mol. The molecule has 6 heteroatoms. The van der Waals surface area contributed by atoms with E-state index in [9.17, 15) is 13.6 Å². The van der Waals surface area contributed by atoms with Gasteiger partial charge < -0.3 is 10.6 Å². The number of aromatic nitrogens is 1. The van der Waals surface area contributed by atoms with Gasteiger partial charge in [0.15, 0.2) is 0 Å². The van der Waals surface area contributed by atoms with E-state index in [0.29, 0.717) is 17.9 Å². The van der Waals surface area contributed by atoms with Crippen molar-refractivity contribution >= 4 is 11.7 Å². The van der Waals surface area contributed by atoms with Gasteiger partial charge in [0.1, 0.15) is 17.5 Å². The van der Waals surface area contributed by atoms with Gasteiger partial charge >= 0.3 is 0 Å². The normalized spacial score (nSPS) is 10.2. The maximum atomic E-state index is 13.4. The maximum Gasteiger partial charge on any atom is 0.251 e. The standard InChI is InChI=1S/C15H15F2N3O/c1-2-18-14-8-10(5-6-19-14)15(21)20-9-11-7-12(16)3-4-13(11)17/h3-8H,2,9H2,1H3,(H,18,19)(H,20,21). The fourth-order valence-corrected chi connectivity index (χ4v) is 1.81. The van der Waals surface area contributed by atoms with Crippen LogP contribution in [-0.4, -0.2) is 17.4 Å². The number of hydrogen-bond donors (Lipinski definition) is 2. The summed E-state index contributed by atoms with van der Waals surface area (Å²) in [6, 6.07) is 6.28. The number of pyridine rings is 1. The Morgan fingerprint density at radius 2 is 2.05 bits per heavy atom. The smallest absolute Gasteiger partial charge is 0.251 e. The highest BCUT2D eigenvalue weighted by molar-refractivity contribution is 5.94. The molecule has 2 aromatic rings. The molecule has 1 amide bonds. The molecule has 0 saturated carbocycles. The number of carbonyl (C=O) groups excluding carboxylic acids is 1. The highest BCUT2D eigenvalue weighted by Gasteiger charge is 2.09. The fraction of sp³-hybridized carbons (Fsp3) is 0.200. The van der Waals surface area contributed by atoms with E-state index in [2.05, 4.69) is 15.6 Å². The van der Waals surface area contributed by atoms with E-state index in [1.807, 2.05) is 6.92 Å². The van der Waals surface area contributed by atoms with Gasteiger partial charge in [-0.1, -0.05) is 0 Å². The molecule has 21 heavy (non-hydrogen) atoms. The molecule has 4 nitrogen and oxygen atoms in total. The van der Waals surface area contributed by atoms with Crippen molar-refractivity contribution in [2.24, 2.45) is 0 Å². The molecule has 0 atom stereocenters. The third-order valence-electron chi connectivity index (χ3n) is 2.83. The third kappa shape index (κ3) is 3.98. The zero-order valence-corrected chi connectivity index (χ0v) is 11.5. The van der Waals surface area contributed by atoms with Gasteiger partial charge in [0, 0.05) is 30.4 Å². The summed E-state index contributed by atoms with van der Waals surface area (Å²) in [7, 11) is 0. The van der Waals surface area contributed by atoms with Gasteiger partial charge in [-0.3, -0.25) is 4.79 Å². The molecule has 2 rings (SSSR count). The summed E-state index contributed by atoms with van der Waals surface area (Å²) in [6.45, 7) is 2.52. The Hall–Kier alpha value is -2.50. The lowest BCUT2D eigenvalue weighted by atomic mass is 10.2. The summed E-state index contributed by atoms with van der Waals surface area (Å²) < 4.78 is 26.5. The lowest BCUT2D eigenvalue weighted by Crippen LogP contribution is -2.23. The number of rotatable bonds is 5. The van der Waals surface area contributed by atoms with Crippen molar-refractivity contribution in [3.63, 3.8) is 0 Å². The SMILES string of the molecule is CCNc1cc(C(=O)NCc2cc(F)ccc2F)ccn1. The van der Waals surface area contributed by atoms with Gasteiger partial charge in [0.2, 0.25) is 0 Å². The Morgan fingerprint density at radius 1 is 1.24 bits per heavy atom. The molecule has 1 aromatic heterocycles. The van der Waals surface area contributed by atoms with Crippen molar-refractivity contribution in [2.45, 2.75) is 13.5 Å². The number of carbonyl (C=O) groups is 1. The highest BCUT2D eigenvalue weighted by Crippen LogP contribution is 2.10. The van der Waals surface area contributed by atoms with Crippen LogP contribution in [0.1, 0.15) is 22.8 Å². The minimum Gasteiger partial charge on any atom is -0.370 e. The van der Waals surface area contributed by atoms with E-state index < -0.39 is 11.6 Å². The molecule has 0 saturated heterocycles. The van der Waals surface area contributed by atoms with Gasteiger partial charge in [-0.2, -0.15) is 0 Å². The average Bonchev–Trinajstić information content (AvgIpc) is 2.48. The molecule has 1 heterocycles. The minimum absolute atomic E-state index is 0.0821. The number of halogens is 2. The Kier molecular flexibility index (Phi) is 4.81. The van der Waals surface area contributed by atoms with Gasteiger partial charge in [-0.15, -0.1) is 0 Å². The summed E-state index contributed by atoms with van der Waals surface area (Å²) in [5, 5.41) is 5.54. The van der Waals surface area contributed by atoms with E-state index in [-0.39, 0.29) is 18.0 Å². The first-order valence-electron chi connectivity index (χ1n) is 6.52. The number of nitrogens with zero attached hydrogens (tertiary/aromatic N) is 1. The monoisotopic (exact) mass is 291 g/mol. The molecule has 0 fully saturated rings. The fourth-order valence-electron chi connectivity index (χ4n) is 1.81. The second-order valence-electron chi connectivity index (χ2n) is 4.38. The Morgan fingerprint density at radius 3 is 2.81 bits per heavy atom. The van der Waals surface area contributed by atoms with E-state index in [1.165, 1.54) is 6.20 Å². The van der Waals surface area contributed by atoms with Crippen LogP contribution in [0.25, 0.3) is 0 Å². The number of hydrogen-bond acceptors (Lipinski definition) is 3. The van der Waals surface area contributed by atoms with Gasteiger partial charge in [0.05, 0.1) is 0 Å². The Bertz CT molecular complexity index is 647. The van der Waals surface area contributed by atoms with E-state index in [4.69, 9.17) is 0 Å². The number of amides is 1. The molecule has 0 aliphatic carbocycles. The van der Waals surface area contributed by atoms with Crippen LogP contribution in [0.15, 0.2) is 36.5 Å². The van der Waals surface area contributed by atoms with Crippen molar-refractivity contribution < 1.29 is 13.6 Å². The van der Waals surface area contributed by atoms with Crippen LogP contribution in [0.5, 0.6) is 0 Å².